The number of aryl methyl sites for hydroxylation is 2. The van der Waals surface area contributed by atoms with Crippen molar-refractivity contribution in [1.29, 1.82) is 0 Å². The quantitative estimate of drug-likeness (QED) is 0.224. The number of ether oxygens (including phenoxy) is 4. The maximum Gasteiger partial charge on any atom is 0.508 e. The largest absolute Gasteiger partial charge is 0.508 e. The van der Waals surface area contributed by atoms with Gasteiger partial charge in [-0.15, -0.1) is 0 Å². The summed E-state index contributed by atoms with van der Waals surface area (Å²) in [5, 5.41) is 0. The van der Waals surface area contributed by atoms with Gasteiger partial charge in [-0.3, -0.25) is 14.3 Å². The summed E-state index contributed by atoms with van der Waals surface area (Å²) >= 11 is 0. The SMILES string of the molecule is COC(=O)OCC#CCC(Cc1cc(NS(=O)(=O)c2ccc(C)cc2)ccc1C)(C(=O)OC)C(=O)OC. The first-order valence-electron chi connectivity index (χ1n) is 11.0. The summed E-state index contributed by atoms with van der Waals surface area (Å²) in [4.78, 5) is 36.9. The van der Waals surface area contributed by atoms with Crippen LogP contribution in [-0.2, 0) is 45.0 Å². The van der Waals surface area contributed by atoms with Gasteiger partial charge in [-0.05, 0) is 49.2 Å². The number of methoxy groups -OCH3 is 3. The van der Waals surface area contributed by atoms with Crippen LogP contribution in [0, 0.1) is 31.1 Å². The number of carbonyl (C=O) groups excluding carboxylic acids is 3. The lowest BCUT2D eigenvalue weighted by Gasteiger charge is -2.27. The lowest BCUT2D eigenvalue weighted by Crippen LogP contribution is -2.43. The van der Waals surface area contributed by atoms with E-state index in [2.05, 4.69) is 26.0 Å². The molecule has 0 spiro atoms. The van der Waals surface area contributed by atoms with Crippen molar-refractivity contribution in [3.05, 3.63) is 59.2 Å². The second-order valence-electron chi connectivity index (χ2n) is 8.07. The van der Waals surface area contributed by atoms with Crippen LogP contribution in [-0.4, -0.2) is 54.4 Å². The summed E-state index contributed by atoms with van der Waals surface area (Å²) in [6.07, 6.45) is -1.43. The van der Waals surface area contributed by atoms with E-state index in [1.165, 1.54) is 18.2 Å². The van der Waals surface area contributed by atoms with Crippen LogP contribution in [0.25, 0.3) is 0 Å². The Hall–Kier alpha value is -4.04. The van der Waals surface area contributed by atoms with Crippen LogP contribution in [0.5, 0.6) is 0 Å². The fourth-order valence-electron chi connectivity index (χ4n) is 3.43. The summed E-state index contributed by atoms with van der Waals surface area (Å²) in [6.45, 7) is 3.28. The predicted molar refractivity (Wildman–Crippen MR) is 134 cm³/mol. The molecular formula is C26H29NO9S. The average molecular weight is 532 g/mol. The van der Waals surface area contributed by atoms with E-state index in [4.69, 9.17) is 9.47 Å². The molecule has 2 aromatic carbocycles. The minimum Gasteiger partial charge on any atom is -0.468 e. The molecule has 0 aliphatic carbocycles. The van der Waals surface area contributed by atoms with E-state index < -0.39 is 33.5 Å². The number of hydrogen-bond donors (Lipinski definition) is 1. The van der Waals surface area contributed by atoms with E-state index in [0.717, 1.165) is 26.9 Å². The first-order valence-corrected chi connectivity index (χ1v) is 12.5. The highest BCUT2D eigenvalue weighted by Crippen LogP contribution is 2.33. The van der Waals surface area contributed by atoms with Gasteiger partial charge in [0.2, 0.25) is 0 Å². The van der Waals surface area contributed by atoms with Crippen molar-refractivity contribution in [2.45, 2.75) is 31.6 Å². The van der Waals surface area contributed by atoms with Crippen LogP contribution < -0.4 is 4.72 Å². The average Bonchev–Trinajstić information content (AvgIpc) is 2.88. The van der Waals surface area contributed by atoms with Gasteiger partial charge in [-0.2, -0.15) is 0 Å². The molecule has 0 unspecified atom stereocenters. The molecule has 0 saturated heterocycles. The molecule has 0 radical (unpaired) electrons. The molecule has 1 N–H and O–H groups in total. The van der Waals surface area contributed by atoms with E-state index in [1.807, 2.05) is 6.92 Å². The highest BCUT2D eigenvalue weighted by Gasteiger charge is 2.48. The van der Waals surface area contributed by atoms with Gasteiger partial charge in [0, 0.05) is 18.5 Å². The molecule has 0 aromatic heterocycles. The van der Waals surface area contributed by atoms with Gasteiger partial charge in [0.25, 0.3) is 10.0 Å². The summed E-state index contributed by atoms with van der Waals surface area (Å²) < 4.78 is 47.1. The van der Waals surface area contributed by atoms with Crippen molar-refractivity contribution in [3.8, 4) is 11.8 Å². The smallest absolute Gasteiger partial charge is 0.468 e. The number of hydrogen-bond acceptors (Lipinski definition) is 9. The van der Waals surface area contributed by atoms with Crippen molar-refractivity contribution >= 4 is 33.8 Å². The molecular weight excluding hydrogens is 502 g/mol. The van der Waals surface area contributed by atoms with Gasteiger partial charge >= 0.3 is 18.1 Å². The first kappa shape index (κ1) is 29.2. The summed E-state index contributed by atoms with van der Waals surface area (Å²) in [6, 6.07) is 11.1. The number of esters is 2. The molecule has 11 heteroatoms. The zero-order valence-corrected chi connectivity index (χ0v) is 22.1. The predicted octanol–water partition coefficient (Wildman–Crippen LogP) is 3.16. The standard InChI is InChI=1S/C26H29NO9S/c1-18-8-12-22(13-9-18)37(31,32)27-21-11-10-19(2)20(16-21)17-26(23(28)33-3,24(29)34-4)14-6-7-15-36-25(30)35-5/h8-13,16,27H,14-15,17H2,1-5H3. The summed E-state index contributed by atoms with van der Waals surface area (Å²) in [5.74, 6) is 3.44. The molecule has 198 valence electrons. The fraction of sp³-hybridized carbons (Fsp3) is 0.346. The minimum atomic E-state index is -3.88. The molecule has 0 heterocycles. The van der Waals surface area contributed by atoms with E-state index in [0.29, 0.717) is 11.1 Å². The monoisotopic (exact) mass is 531 g/mol. The Morgan fingerprint density at radius 2 is 1.51 bits per heavy atom. The molecule has 37 heavy (non-hydrogen) atoms. The first-order chi connectivity index (χ1) is 17.5. The fourth-order valence-corrected chi connectivity index (χ4v) is 4.48. The van der Waals surface area contributed by atoms with E-state index in [1.54, 1.807) is 31.2 Å². The molecule has 2 aromatic rings. The van der Waals surface area contributed by atoms with Crippen molar-refractivity contribution in [2.24, 2.45) is 5.41 Å². The highest BCUT2D eigenvalue weighted by atomic mass is 32.2. The van der Waals surface area contributed by atoms with Gasteiger partial charge in [0.1, 0.15) is 0 Å². The molecule has 2 rings (SSSR count). The molecule has 0 aliphatic rings. The van der Waals surface area contributed by atoms with E-state index in [9.17, 15) is 22.8 Å². The van der Waals surface area contributed by atoms with Crippen LogP contribution in [0.15, 0.2) is 47.4 Å². The third-order valence-electron chi connectivity index (χ3n) is 5.52. The van der Waals surface area contributed by atoms with Crippen molar-refractivity contribution in [2.75, 3.05) is 32.7 Å². The van der Waals surface area contributed by atoms with Gasteiger partial charge < -0.3 is 18.9 Å². The molecule has 0 amide bonds. The summed E-state index contributed by atoms with van der Waals surface area (Å²) in [7, 11) is -0.473. The van der Waals surface area contributed by atoms with Crippen LogP contribution in [0.1, 0.15) is 23.1 Å². The van der Waals surface area contributed by atoms with E-state index >= 15 is 0 Å². The minimum absolute atomic E-state index is 0.0862. The normalized spacial score (nSPS) is 10.9. The Bertz CT molecular complexity index is 1290. The van der Waals surface area contributed by atoms with Gasteiger partial charge in [-0.1, -0.05) is 35.6 Å². The highest BCUT2D eigenvalue weighted by molar-refractivity contribution is 7.92. The molecule has 0 aliphatic heterocycles. The molecule has 0 saturated carbocycles. The van der Waals surface area contributed by atoms with Crippen LogP contribution in [0.4, 0.5) is 10.5 Å². The molecule has 0 fully saturated rings. The number of benzene rings is 2. The van der Waals surface area contributed by atoms with Crippen molar-refractivity contribution in [1.82, 2.24) is 0 Å². The lowest BCUT2D eigenvalue weighted by atomic mass is 9.77. The zero-order chi connectivity index (χ0) is 27.6. The number of rotatable bonds is 9. The summed E-state index contributed by atoms with van der Waals surface area (Å²) in [5.41, 5.74) is 0.479. The number of nitrogens with one attached hydrogen (secondary N) is 1. The Morgan fingerprint density at radius 3 is 2.08 bits per heavy atom. The molecule has 0 atom stereocenters. The van der Waals surface area contributed by atoms with Gasteiger partial charge in [0.15, 0.2) is 12.0 Å². The number of anilines is 1. The third-order valence-corrected chi connectivity index (χ3v) is 6.92. The lowest BCUT2D eigenvalue weighted by molar-refractivity contribution is -0.168. The Balaban J connectivity index is 2.41. The second kappa shape index (κ2) is 12.8. The van der Waals surface area contributed by atoms with Crippen LogP contribution in [0.3, 0.4) is 0 Å². The number of carbonyl (C=O) groups is 3. The van der Waals surface area contributed by atoms with Crippen LogP contribution >= 0.6 is 0 Å². The second-order valence-corrected chi connectivity index (χ2v) is 9.76. The Kier molecular flexibility index (Phi) is 10.1. The van der Waals surface area contributed by atoms with Crippen molar-refractivity contribution in [3.63, 3.8) is 0 Å². The molecule has 0 bridgehead atoms. The zero-order valence-electron chi connectivity index (χ0n) is 21.2. The Labute approximate surface area is 216 Å². The molecule has 10 nitrogen and oxygen atoms in total. The third kappa shape index (κ3) is 7.47. The van der Waals surface area contributed by atoms with Gasteiger partial charge in [0.05, 0.1) is 26.2 Å². The Morgan fingerprint density at radius 1 is 0.892 bits per heavy atom. The van der Waals surface area contributed by atoms with Gasteiger partial charge in [-0.25, -0.2) is 13.2 Å². The topological polar surface area (TPSA) is 134 Å². The van der Waals surface area contributed by atoms with E-state index in [-0.39, 0.29) is 30.0 Å². The maximum absolute atomic E-state index is 12.9. The maximum atomic E-state index is 12.9. The van der Waals surface area contributed by atoms with Crippen molar-refractivity contribution < 1.29 is 41.7 Å². The number of sulfonamides is 1. The van der Waals surface area contributed by atoms with Crippen LogP contribution in [0.2, 0.25) is 0 Å².